The van der Waals surface area contributed by atoms with E-state index in [4.69, 9.17) is 10.5 Å². The van der Waals surface area contributed by atoms with Crippen LogP contribution in [0.5, 0.6) is 5.19 Å². The summed E-state index contributed by atoms with van der Waals surface area (Å²) in [5.74, 6) is 0.144. The Morgan fingerprint density at radius 3 is 3.11 bits per heavy atom. The van der Waals surface area contributed by atoms with Crippen molar-refractivity contribution in [3.63, 3.8) is 0 Å². The number of ether oxygens (including phenoxy) is 1. The van der Waals surface area contributed by atoms with E-state index >= 15 is 0 Å². The highest BCUT2D eigenvalue weighted by Gasteiger charge is 2.16. The average molecular weight is 282 g/mol. The summed E-state index contributed by atoms with van der Waals surface area (Å²) in [6.07, 6.45) is 1.32. The number of thiazole rings is 1. The first-order chi connectivity index (χ1) is 9.65. The Kier molecular flexibility index (Phi) is 2.55. The average Bonchev–Trinajstić information content (AvgIpc) is 3.11. The van der Waals surface area contributed by atoms with Crippen molar-refractivity contribution in [2.24, 2.45) is 7.05 Å². The van der Waals surface area contributed by atoms with Crippen LogP contribution in [-0.2, 0) is 13.7 Å². The molecule has 10 heteroatoms. The Balaban J connectivity index is 1.83. The smallest absolute Gasteiger partial charge is 0.370 e. The first-order valence-corrected chi connectivity index (χ1v) is 6.00. The van der Waals surface area contributed by atoms with Gasteiger partial charge in [0.15, 0.2) is 6.39 Å². The molecule has 0 N–H and O–H groups in total. The van der Waals surface area contributed by atoms with Crippen LogP contribution in [0.1, 0.15) is 7.06 Å². The maximum absolute atomic E-state index is 11.7. The first kappa shape index (κ1) is 10.4. The third-order valence-electron chi connectivity index (χ3n) is 2.23. The fraction of sp³-hybridized carbons (Fsp3) is 0.222. The Morgan fingerprint density at radius 2 is 2.42 bits per heavy atom. The van der Waals surface area contributed by atoms with Gasteiger partial charge in [-0.05, 0) is 10.4 Å². The predicted octanol–water partition coefficient (Wildman–Crippen LogP) is -0.0105. The molecule has 3 aromatic rings. The van der Waals surface area contributed by atoms with Gasteiger partial charge in [0.25, 0.3) is 11.1 Å². The van der Waals surface area contributed by atoms with Gasteiger partial charge in [0, 0.05) is 18.6 Å². The second-order valence-electron chi connectivity index (χ2n) is 3.43. The third kappa shape index (κ3) is 2.12. The van der Waals surface area contributed by atoms with E-state index < -0.39 is 5.69 Å². The van der Waals surface area contributed by atoms with Crippen LogP contribution in [0.25, 0.3) is 5.88 Å². The van der Waals surface area contributed by atoms with Gasteiger partial charge in [-0.3, -0.25) is 0 Å². The fourth-order valence-electron chi connectivity index (χ4n) is 1.35. The minimum Gasteiger partial charge on any atom is -0.463 e. The maximum Gasteiger partial charge on any atom is 0.370 e. The summed E-state index contributed by atoms with van der Waals surface area (Å²) in [4.78, 5) is 19.5. The number of hydrogen-bond donors (Lipinski definition) is 0. The SMILES string of the molecule is [3H]c1csc(OCc2ncoc2-n2nnn(C)c2=O)n1. The van der Waals surface area contributed by atoms with E-state index in [1.165, 1.54) is 24.8 Å². The molecule has 98 valence electrons. The van der Waals surface area contributed by atoms with Gasteiger partial charge in [-0.1, -0.05) is 11.3 Å². The molecule has 0 saturated heterocycles. The lowest BCUT2D eigenvalue weighted by Crippen LogP contribution is -2.22. The quantitative estimate of drug-likeness (QED) is 0.663. The van der Waals surface area contributed by atoms with Crippen LogP contribution in [0, 0.1) is 0 Å². The van der Waals surface area contributed by atoms with E-state index in [0.29, 0.717) is 10.9 Å². The number of rotatable bonds is 4. The molecule has 0 aliphatic heterocycles. The van der Waals surface area contributed by atoms with Gasteiger partial charge < -0.3 is 9.15 Å². The summed E-state index contributed by atoms with van der Waals surface area (Å²) in [6.45, 7) is 0.0435. The van der Waals surface area contributed by atoms with Gasteiger partial charge in [0.05, 0.1) is 1.37 Å². The van der Waals surface area contributed by atoms with Crippen molar-refractivity contribution in [1.29, 1.82) is 0 Å². The highest BCUT2D eigenvalue weighted by atomic mass is 32.1. The van der Waals surface area contributed by atoms with Crippen molar-refractivity contribution < 1.29 is 10.5 Å². The summed E-state index contributed by atoms with van der Waals surface area (Å²) < 4.78 is 19.9. The van der Waals surface area contributed by atoms with Gasteiger partial charge in [0.2, 0.25) is 0 Å². The molecular weight excluding hydrogens is 272 g/mol. The highest BCUT2D eigenvalue weighted by molar-refractivity contribution is 7.11. The Labute approximate surface area is 111 Å². The molecule has 0 aliphatic rings. The maximum atomic E-state index is 11.7. The lowest BCUT2D eigenvalue weighted by atomic mass is 10.5. The van der Waals surface area contributed by atoms with Crippen molar-refractivity contribution in [2.45, 2.75) is 6.61 Å². The Morgan fingerprint density at radius 1 is 1.53 bits per heavy atom. The molecule has 0 fully saturated rings. The summed E-state index contributed by atoms with van der Waals surface area (Å²) in [6, 6.07) is 0. The molecule has 0 bridgehead atoms. The normalized spacial score (nSPS) is 11.5. The van der Waals surface area contributed by atoms with Crippen LogP contribution < -0.4 is 10.4 Å². The largest absolute Gasteiger partial charge is 0.463 e. The zero-order valence-corrected chi connectivity index (χ0v) is 10.5. The second kappa shape index (κ2) is 4.65. The molecule has 3 heterocycles. The lowest BCUT2D eigenvalue weighted by molar-refractivity contribution is 0.298. The lowest BCUT2D eigenvalue weighted by Gasteiger charge is -2.00. The van der Waals surface area contributed by atoms with Crippen molar-refractivity contribution in [3.05, 3.63) is 34.1 Å². The van der Waals surface area contributed by atoms with Gasteiger partial charge >= 0.3 is 5.69 Å². The fourth-order valence-corrected chi connectivity index (χ4v) is 1.79. The number of aromatic nitrogens is 6. The van der Waals surface area contributed by atoms with Crippen molar-refractivity contribution in [1.82, 2.24) is 29.8 Å². The van der Waals surface area contributed by atoms with E-state index in [1.54, 1.807) is 5.38 Å². The monoisotopic (exact) mass is 282 g/mol. The minimum absolute atomic E-state index is 0.0435. The zero-order valence-electron chi connectivity index (χ0n) is 10.7. The molecule has 0 aliphatic carbocycles. The molecule has 3 aromatic heterocycles. The summed E-state index contributed by atoms with van der Waals surface area (Å²) in [5, 5.41) is 9.14. The number of aryl methyl sites for hydroxylation is 1. The predicted molar refractivity (Wildman–Crippen MR) is 63.1 cm³/mol. The Bertz CT molecular complexity index is 790. The summed E-state index contributed by atoms with van der Waals surface area (Å²) in [7, 11) is 1.48. The number of nitrogens with zero attached hydrogens (tertiary/aromatic N) is 6. The van der Waals surface area contributed by atoms with Crippen molar-refractivity contribution in [2.75, 3.05) is 0 Å². The van der Waals surface area contributed by atoms with E-state index in [2.05, 4.69) is 20.4 Å². The van der Waals surface area contributed by atoms with Crippen LogP contribution >= 0.6 is 11.3 Å². The van der Waals surface area contributed by atoms with Crippen LogP contribution in [-0.4, -0.2) is 29.8 Å². The number of oxazole rings is 1. The molecular formula is C9H8N6O3S. The van der Waals surface area contributed by atoms with Crippen molar-refractivity contribution >= 4 is 11.3 Å². The zero-order chi connectivity index (χ0) is 14.1. The molecule has 0 amide bonds. The van der Waals surface area contributed by atoms with Gasteiger partial charge in [0.1, 0.15) is 12.3 Å². The summed E-state index contributed by atoms with van der Waals surface area (Å²) >= 11 is 1.20. The van der Waals surface area contributed by atoms with Crippen LogP contribution in [0.2, 0.25) is 0 Å². The molecule has 0 aromatic carbocycles. The van der Waals surface area contributed by atoms with Crippen molar-refractivity contribution in [3.8, 4) is 11.1 Å². The first-order valence-electron chi connectivity index (χ1n) is 5.62. The van der Waals surface area contributed by atoms with Crippen LogP contribution in [0.15, 0.2) is 27.2 Å². The molecule has 0 radical (unpaired) electrons. The topological polar surface area (TPSA) is 101 Å². The van der Waals surface area contributed by atoms with E-state index in [9.17, 15) is 4.79 Å². The van der Waals surface area contributed by atoms with E-state index in [-0.39, 0.29) is 18.7 Å². The Hall–Kier alpha value is -2.49. The molecule has 0 spiro atoms. The molecule has 3 rings (SSSR count). The van der Waals surface area contributed by atoms with Crippen LogP contribution in [0.4, 0.5) is 0 Å². The number of hydrogen-bond acceptors (Lipinski definition) is 8. The van der Waals surface area contributed by atoms with Gasteiger partial charge in [-0.25, -0.2) is 14.8 Å². The molecule has 19 heavy (non-hydrogen) atoms. The molecule has 0 atom stereocenters. The second-order valence-corrected chi connectivity index (χ2v) is 4.25. The molecule has 9 nitrogen and oxygen atoms in total. The number of tetrazole rings is 1. The van der Waals surface area contributed by atoms with E-state index in [0.717, 1.165) is 9.36 Å². The minimum atomic E-state index is -0.453. The third-order valence-corrected chi connectivity index (χ3v) is 2.87. The highest BCUT2D eigenvalue weighted by Crippen LogP contribution is 2.17. The molecule has 0 saturated carbocycles. The standard InChI is InChI=1S/C9H8N6O3S/c1-14-9(16)15(13-12-14)7-6(11-5-18-7)4-17-8-10-2-3-19-8/h2-3,5H,4H2,1H3/i2T. The van der Waals surface area contributed by atoms with E-state index in [1.807, 2.05) is 0 Å². The summed E-state index contributed by atoms with van der Waals surface area (Å²) in [5.41, 5.74) is -0.0694. The van der Waals surface area contributed by atoms with Gasteiger partial charge in [-0.2, -0.15) is 4.68 Å². The molecule has 0 unspecified atom stereocenters. The van der Waals surface area contributed by atoms with Gasteiger partial charge in [-0.15, -0.1) is 4.68 Å². The van der Waals surface area contributed by atoms with Crippen LogP contribution in [0.3, 0.4) is 0 Å².